The molecule has 4 heteroatoms. The molecule has 3 aromatic carbocycles. The summed E-state index contributed by atoms with van der Waals surface area (Å²) in [4.78, 5) is 13.1. The molecule has 118 valence electrons. The lowest BCUT2D eigenvalue weighted by Crippen LogP contribution is -2.21. The minimum Gasteiger partial charge on any atom is -0.303 e. The first-order valence-electron chi connectivity index (χ1n) is 7.59. The van der Waals surface area contributed by atoms with Gasteiger partial charge in [0.15, 0.2) is 0 Å². The monoisotopic (exact) mass is 353 g/mol. The number of halogens is 2. The molecule has 0 atom stereocenters. The van der Waals surface area contributed by atoms with E-state index in [2.05, 4.69) is 0 Å². The van der Waals surface area contributed by atoms with Gasteiger partial charge in [-0.3, -0.25) is 4.79 Å². The SMILES string of the molecule is O=c1c2cc(Cl)ccc2c2ccc(Cl)cc2n1Cc1ccccc1. The molecule has 4 rings (SSSR count). The highest BCUT2D eigenvalue weighted by Gasteiger charge is 2.12. The highest BCUT2D eigenvalue weighted by molar-refractivity contribution is 6.32. The van der Waals surface area contributed by atoms with Gasteiger partial charge in [0.25, 0.3) is 5.56 Å². The van der Waals surface area contributed by atoms with Crippen molar-refractivity contribution in [2.75, 3.05) is 0 Å². The van der Waals surface area contributed by atoms with E-state index in [1.54, 1.807) is 16.7 Å². The second kappa shape index (κ2) is 5.97. The van der Waals surface area contributed by atoms with Crippen molar-refractivity contribution in [2.24, 2.45) is 0 Å². The van der Waals surface area contributed by atoms with Crippen LogP contribution in [0, 0.1) is 0 Å². The van der Waals surface area contributed by atoms with Crippen molar-refractivity contribution >= 4 is 44.9 Å². The van der Waals surface area contributed by atoms with Crippen molar-refractivity contribution in [1.29, 1.82) is 0 Å². The first kappa shape index (κ1) is 15.3. The van der Waals surface area contributed by atoms with Crippen LogP contribution in [0.15, 0.2) is 71.5 Å². The predicted octanol–water partition coefficient (Wildman–Crippen LogP) is 5.51. The molecule has 0 radical (unpaired) electrons. The van der Waals surface area contributed by atoms with Crippen molar-refractivity contribution in [3.8, 4) is 0 Å². The molecule has 1 heterocycles. The average Bonchev–Trinajstić information content (AvgIpc) is 2.59. The Bertz CT molecular complexity index is 1120. The van der Waals surface area contributed by atoms with Gasteiger partial charge in [-0.25, -0.2) is 0 Å². The Morgan fingerprint density at radius 1 is 0.750 bits per heavy atom. The summed E-state index contributed by atoms with van der Waals surface area (Å²) in [6.07, 6.45) is 0. The molecule has 0 fully saturated rings. The molecule has 2 nitrogen and oxygen atoms in total. The zero-order valence-corrected chi connectivity index (χ0v) is 14.2. The van der Waals surface area contributed by atoms with E-state index in [1.165, 1.54) is 0 Å². The van der Waals surface area contributed by atoms with Crippen LogP contribution in [0.25, 0.3) is 21.7 Å². The number of aromatic nitrogens is 1. The highest BCUT2D eigenvalue weighted by Crippen LogP contribution is 2.27. The molecule has 4 aromatic rings. The van der Waals surface area contributed by atoms with Gasteiger partial charge in [-0.05, 0) is 35.2 Å². The lowest BCUT2D eigenvalue weighted by Gasteiger charge is -2.14. The molecule has 0 spiro atoms. The summed E-state index contributed by atoms with van der Waals surface area (Å²) in [6.45, 7) is 0.485. The third-order valence-corrected chi connectivity index (χ3v) is 4.65. The standard InChI is InChI=1S/C20H13Cl2NO/c21-14-6-8-16-17-9-7-15(22)11-19(17)23(20(24)18(16)10-14)12-13-4-2-1-3-5-13/h1-11H,12H2. The summed E-state index contributed by atoms with van der Waals surface area (Å²) in [5, 5.41) is 3.66. The summed E-state index contributed by atoms with van der Waals surface area (Å²) in [5.41, 5.74) is 1.82. The third kappa shape index (κ3) is 2.58. The van der Waals surface area contributed by atoms with Crippen LogP contribution in [0.2, 0.25) is 10.0 Å². The number of nitrogens with zero attached hydrogens (tertiary/aromatic N) is 1. The molecule has 0 saturated heterocycles. The summed E-state index contributed by atoms with van der Waals surface area (Å²) in [5.74, 6) is 0. The normalized spacial score (nSPS) is 11.2. The van der Waals surface area contributed by atoms with Gasteiger partial charge in [0.05, 0.1) is 12.1 Å². The van der Waals surface area contributed by atoms with Crippen LogP contribution in [-0.2, 0) is 6.54 Å². The quantitative estimate of drug-likeness (QED) is 0.435. The molecule has 0 aliphatic rings. The lowest BCUT2D eigenvalue weighted by molar-refractivity contribution is 0.802. The van der Waals surface area contributed by atoms with Crippen LogP contribution in [0.3, 0.4) is 0 Å². The van der Waals surface area contributed by atoms with Crippen LogP contribution in [0.5, 0.6) is 0 Å². The molecule has 0 aliphatic heterocycles. The fourth-order valence-electron chi connectivity index (χ4n) is 3.06. The van der Waals surface area contributed by atoms with Gasteiger partial charge < -0.3 is 4.57 Å². The zero-order chi connectivity index (χ0) is 16.7. The molecule has 0 aliphatic carbocycles. The maximum absolute atomic E-state index is 13.1. The summed E-state index contributed by atoms with van der Waals surface area (Å²) in [6, 6.07) is 21.0. The van der Waals surface area contributed by atoms with Crippen LogP contribution in [-0.4, -0.2) is 4.57 Å². The molecule has 1 aromatic heterocycles. The number of benzene rings is 3. The van der Waals surface area contributed by atoms with E-state index >= 15 is 0 Å². The third-order valence-electron chi connectivity index (χ3n) is 4.18. The Kier molecular flexibility index (Phi) is 3.79. The summed E-state index contributed by atoms with van der Waals surface area (Å²) < 4.78 is 1.76. The second-order valence-electron chi connectivity index (χ2n) is 5.73. The number of hydrogen-bond donors (Lipinski definition) is 0. The van der Waals surface area contributed by atoms with Crippen LogP contribution in [0.4, 0.5) is 0 Å². The average molecular weight is 354 g/mol. The van der Waals surface area contributed by atoms with Crippen LogP contribution in [0.1, 0.15) is 5.56 Å². The Labute approximate surface area is 148 Å². The topological polar surface area (TPSA) is 22.0 Å². The van der Waals surface area contributed by atoms with Crippen molar-refractivity contribution in [1.82, 2.24) is 4.57 Å². The molecule has 0 bridgehead atoms. The van der Waals surface area contributed by atoms with Gasteiger partial charge in [0.1, 0.15) is 0 Å². The minimum atomic E-state index is -0.0638. The molecular weight excluding hydrogens is 341 g/mol. The molecule has 0 saturated carbocycles. The largest absolute Gasteiger partial charge is 0.303 e. The number of hydrogen-bond acceptors (Lipinski definition) is 1. The lowest BCUT2D eigenvalue weighted by atomic mass is 10.1. The van der Waals surface area contributed by atoms with Crippen molar-refractivity contribution in [2.45, 2.75) is 6.54 Å². The molecule has 0 unspecified atom stereocenters. The van der Waals surface area contributed by atoms with Crippen LogP contribution < -0.4 is 5.56 Å². The predicted molar refractivity (Wildman–Crippen MR) is 101 cm³/mol. The van der Waals surface area contributed by atoms with Gasteiger partial charge in [0, 0.05) is 20.8 Å². The first-order chi connectivity index (χ1) is 11.6. The van der Waals surface area contributed by atoms with Gasteiger partial charge in [-0.2, -0.15) is 0 Å². The summed E-state index contributed by atoms with van der Waals surface area (Å²) in [7, 11) is 0. The number of rotatable bonds is 2. The van der Waals surface area contributed by atoms with Gasteiger partial charge in [-0.15, -0.1) is 0 Å². The molecule has 24 heavy (non-hydrogen) atoms. The first-order valence-corrected chi connectivity index (χ1v) is 8.34. The van der Waals surface area contributed by atoms with Crippen molar-refractivity contribution < 1.29 is 0 Å². The minimum absolute atomic E-state index is 0.0638. The second-order valence-corrected chi connectivity index (χ2v) is 6.60. The Morgan fingerprint density at radius 2 is 1.42 bits per heavy atom. The molecular formula is C20H13Cl2NO. The zero-order valence-electron chi connectivity index (χ0n) is 12.7. The Balaban J connectivity index is 2.10. The highest BCUT2D eigenvalue weighted by atomic mass is 35.5. The molecule has 0 amide bonds. The Hall–Kier alpha value is -2.29. The van der Waals surface area contributed by atoms with E-state index in [0.717, 1.165) is 21.9 Å². The van der Waals surface area contributed by atoms with Gasteiger partial charge in [0.2, 0.25) is 0 Å². The van der Waals surface area contributed by atoms with E-state index in [-0.39, 0.29) is 5.56 Å². The van der Waals surface area contributed by atoms with E-state index in [4.69, 9.17) is 23.2 Å². The van der Waals surface area contributed by atoms with Gasteiger partial charge in [-0.1, -0.05) is 65.7 Å². The number of fused-ring (bicyclic) bond motifs is 3. The maximum atomic E-state index is 13.1. The van der Waals surface area contributed by atoms with Gasteiger partial charge >= 0.3 is 0 Å². The smallest absolute Gasteiger partial charge is 0.259 e. The number of pyridine rings is 1. The van der Waals surface area contributed by atoms with Crippen molar-refractivity contribution in [3.05, 3.63) is 92.7 Å². The van der Waals surface area contributed by atoms with E-state index in [9.17, 15) is 4.79 Å². The van der Waals surface area contributed by atoms with E-state index in [0.29, 0.717) is 22.0 Å². The Morgan fingerprint density at radius 3 is 2.17 bits per heavy atom. The summed E-state index contributed by atoms with van der Waals surface area (Å²) >= 11 is 12.3. The maximum Gasteiger partial charge on any atom is 0.259 e. The van der Waals surface area contributed by atoms with E-state index in [1.807, 2.05) is 54.6 Å². The van der Waals surface area contributed by atoms with Crippen molar-refractivity contribution in [3.63, 3.8) is 0 Å². The molecule has 0 N–H and O–H groups in total. The van der Waals surface area contributed by atoms with E-state index < -0.39 is 0 Å². The fraction of sp³-hybridized carbons (Fsp3) is 0.0500. The van der Waals surface area contributed by atoms with Crippen LogP contribution >= 0.6 is 23.2 Å². The fourth-order valence-corrected chi connectivity index (χ4v) is 3.40.